The molecule has 1 N–H and O–H groups in total. The number of allylic oxidation sites excluding steroid dienone is 1. The van der Waals surface area contributed by atoms with E-state index in [4.69, 9.17) is 0 Å². The SMILES string of the molecule is Cc1cc2[nH]ncc2cc1C=CCCS. The van der Waals surface area contributed by atoms with E-state index in [2.05, 4.69) is 54.0 Å². The summed E-state index contributed by atoms with van der Waals surface area (Å²) in [6.07, 6.45) is 7.16. The zero-order valence-electron chi connectivity index (χ0n) is 8.70. The van der Waals surface area contributed by atoms with Crippen molar-refractivity contribution in [1.82, 2.24) is 10.2 Å². The van der Waals surface area contributed by atoms with Crippen LogP contribution in [0.2, 0.25) is 0 Å². The molecule has 0 fully saturated rings. The van der Waals surface area contributed by atoms with Crippen LogP contribution in [0.3, 0.4) is 0 Å². The third kappa shape index (κ3) is 2.23. The minimum absolute atomic E-state index is 0.892. The van der Waals surface area contributed by atoms with Crippen LogP contribution in [-0.2, 0) is 0 Å². The highest BCUT2D eigenvalue weighted by Gasteiger charge is 1.99. The van der Waals surface area contributed by atoms with E-state index >= 15 is 0 Å². The molecule has 0 radical (unpaired) electrons. The highest BCUT2D eigenvalue weighted by Crippen LogP contribution is 2.18. The summed E-state index contributed by atoms with van der Waals surface area (Å²) in [7, 11) is 0. The van der Waals surface area contributed by atoms with Crippen LogP contribution in [0.25, 0.3) is 17.0 Å². The van der Waals surface area contributed by atoms with Crippen molar-refractivity contribution in [1.29, 1.82) is 0 Å². The maximum atomic E-state index is 4.18. The second-order valence-electron chi connectivity index (χ2n) is 3.58. The number of H-pyrrole nitrogens is 1. The zero-order chi connectivity index (χ0) is 10.7. The number of hydrogen-bond donors (Lipinski definition) is 2. The summed E-state index contributed by atoms with van der Waals surface area (Å²) in [4.78, 5) is 0. The fourth-order valence-electron chi connectivity index (χ4n) is 1.58. The predicted octanol–water partition coefficient (Wildman–Crippen LogP) is 3.20. The fraction of sp³-hybridized carbons (Fsp3) is 0.250. The minimum atomic E-state index is 0.892. The van der Waals surface area contributed by atoms with Crippen LogP contribution >= 0.6 is 12.6 Å². The molecule has 0 aliphatic carbocycles. The predicted molar refractivity (Wildman–Crippen MR) is 68.3 cm³/mol. The van der Waals surface area contributed by atoms with E-state index in [-0.39, 0.29) is 0 Å². The van der Waals surface area contributed by atoms with Gasteiger partial charge in [0.15, 0.2) is 0 Å². The van der Waals surface area contributed by atoms with Crippen molar-refractivity contribution in [3.05, 3.63) is 35.5 Å². The van der Waals surface area contributed by atoms with Crippen molar-refractivity contribution in [2.75, 3.05) is 5.75 Å². The van der Waals surface area contributed by atoms with Crippen LogP contribution < -0.4 is 0 Å². The lowest BCUT2D eigenvalue weighted by Crippen LogP contribution is -1.81. The van der Waals surface area contributed by atoms with Crippen molar-refractivity contribution < 1.29 is 0 Å². The number of aryl methyl sites for hydroxylation is 1. The average molecular weight is 218 g/mol. The van der Waals surface area contributed by atoms with Gasteiger partial charge in [-0.3, -0.25) is 5.10 Å². The molecule has 0 aliphatic rings. The highest BCUT2D eigenvalue weighted by molar-refractivity contribution is 7.80. The Morgan fingerprint density at radius 3 is 3.13 bits per heavy atom. The van der Waals surface area contributed by atoms with Gasteiger partial charge in [0.1, 0.15) is 0 Å². The van der Waals surface area contributed by atoms with Crippen LogP contribution in [0, 0.1) is 6.92 Å². The summed E-state index contributed by atoms with van der Waals surface area (Å²) >= 11 is 4.18. The normalized spacial score (nSPS) is 11.6. The molecule has 1 aromatic carbocycles. The van der Waals surface area contributed by atoms with Crippen LogP contribution in [0.1, 0.15) is 17.5 Å². The number of rotatable bonds is 3. The lowest BCUT2D eigenvalue weighted by Gasteiger charge is -2.00. The Morgan fingerprint density at radius 1 is 1.47 bits per heavy atom. The third-order valence-corrected chi connectivity index (χ3v) is 2.68. The first kappa shape index (κ1) is 10.3. The maximum Gasteiger partial charge on any atom is 0.0653 e. The largest absolute Gasteiger partial charge is 0.278 e. The number of aromatic amines is 1. The quantitative estimate of drug-likeness (QED) is 0.761. The Balaban J connectivity index is 2.37. The Morgan fingerprint density at radius 2 is 2.33 bits per heavy atom. The molecule has 0 saturated carbocycles. The molecule has 2 rings (SSSR count). The topological polar surface area (TPSA) is 28.7 Å². The molecule has 0 spiro atoms. The third-order valence-electron chi connectivity index (χ3n) is 2.42. The molecule has 3 heteroatoms. The Hall–Kier alpha value is -1.22. The minimum Gasteiger partial charge on any atom is -0.278 e. The first-order chi connectivity index (χ1) is 7.31. The molecule has 0 bridgehead atoms. The van der Waals surface area contributed by atoms with E-state index in [1.165, 1.54) is 11.1 Å². The summed E-state index contributed by atoms with van der Waals surface area (Å²) < 4.78 is 0. The van der Waals surface area contributed by atoms with Crippen LogP contribution in [0.4, 0.5) is 0 Å². The Labute approximate surface area is 94.8 Å². The molecule has 2 aromatic rings. The zero-order valence-corrected chi connectivity index (χ0v) is 9.59. The van der Waals surface area contributed by atoms with Gasteiger partial charge in [-0.05, 0) is 42.4 Å². The highest BCUT2D eigenvalue weighted by atomic mass is 32.1. The van der Waals surface area contributed by atoms with E-state index in [9.17, 15) is 0 Å². The molecule has 0 aliphatic heterocycles. The van der Waals surface area contributed by atoms with Crippen LogP contribution in [-0.4, -0.2) is 16.0 Å². The molecule has 1 heterocycles. The van der Waals surface area contributed by atoms with Gasteiger partial charge in [-0.1, -0.05) is 12.2 Å². The van der Waals surface area contributed by atoms with Gasteiger partial charge < -0.3 is 0 Å². The van der Waals surface area contributed by atoms with Crippen molar-refractivity contribution in [3.63, 3.8) is 0 Å². The van der Waals surface area contributed by atoms with Gasteiger partial charge >= 0.3 is 0 Å². The van der Waals surface area contributed by atoms with Gasteiger partial charge in [0.25, 0.3) is 0 Å². The molecular weight excluding hydrogens is 204 g/mol. The number of thiol groups is 1. The standard InChI is InChI=1S/C12H14N2S/c1-9-6-12-11(8-13-14-12)7-10(9)4-2-3-5-15/h2,4,6-8,15H,3,5H2,1H3,(H,13,14). The van der Waals surface area contributed by atoms with Crippen molar-refractivity contribution in [2.45, 2.75) is 13.3 Å². The van der Waals surface area contributed by atoms with Crippen molar-refractivity contribution in [3.8, 4) is 0 Å². The summed E-state index contributed by atoms with van der Waals surface area (Å²) in [5, 5.41) is 8.15. The van der Waals surface area contributed by atoms with Gasteiger partial charge in [-0.15, -0.1) is 0 Å². The van der Waals surface area contributed by atoms with Crippen molar-refractivity contribution >= 4 is 29.6 Å². The Bertz CT molecular complexity index is 485. The van der Waals surface area contributed by atoms with E-state index < -0.39 is 0 Å². The van der Waals surface area contributed by atoms with Gasteiger partial charge in [0.2, 0.25) is 0 Å². The molecule has 1 aromatic heterocycles. The first-order valence-electron chi connectivity index (χ1n) is 5.02. The Kier molecular flexibility index (Phi) is 3.11. The van der Waals surface area contributed by atoms with Gasteiger partial charge in [-0.2, -0.15) is 17.7 Å². The second kappa shape index (κ2) is 4.53. The van der Waals surface area contributed by atoms with E-state index in [0.717, 1.165) is 23.1 Å². The molecule has 15 heavy (non-hydrogen) atoms. The smallest absolute Gasteiger partial charge is 0.0653 e. The van der Waals surface area contributed by atoms with Gasteiger partial charge in [0, 0.05) is 5.39 Å². The summed E-state index contributed by atoms with van der Waals surface area (Å²) in [5.74, 6) is 0.892. The maximum absolute atomic E-state index is 4.18. The summed E-state index contributed by atoms with van der Waals surface area (Å²) in [6, 6.07) is 4.28. The molecule has 0 saturated heterocycles. The molecular formula is C12H14N2S. The van der Waals surface area contributed by atoms with Crippen LogP contribution in [0.5, 0.6) is 0 Å². The molecule has 2 nitrogen and oxygen atoms in total. The number of nitrogens with one attached hydrogen (secondary N) is 1. The first-order valence-corrected chi connectivity index (χ1v) is 5.65. The lowest BCUT2D eigenvalue weighted by molar-refractivity contribution is 1.12. The molecule has 0 atom stereocenters. The van der Waals surface area contributed by atoms with Gasteiger partial charge in [0.05, 0.1) is 11.7 Å². The van der Waals surface area contributed by atoms with E-state index in [1.807, 2.05) is 6.20 Å². The monoisotopic (exact) mass is 218 g/mol. The van der Waals surface area contributed by atoms with Crippen LogP contribution in [0.15, 0.2) is 24.4 Å². The average Bonchev–Trinajstić information content (AvgIpc) is 2.65. The number of fused-ring (bicyclic) bond motifs is 1. The number of hydrogen-bond acceptors (Lipinski definition) is 2. The van der Waals surface area contributed by atoms with E-state index in [1.54, 1.807) is 0 Å². The molecule has 0 amide bonds. The molecule has 78 valence electrons. The van der Waals surface area contributed by atoms with Crippen molar-refractivity contribution in [2.24, 2.45) is 0 Å². The van der Waals surface area contributed by atoms with Gasteiger partial charge in [-0.25, -0.2) is 0 Å². The van der Waals surface area contributed by atoms with E-state index in [0.29, 0.717) is 0 Å². The number of benzene rings is 1. The lowest BCUT2D eigenvalue weighted by atomic mass is 10.1. The summed E-state index contributed by atoms with van der Waals surface area (Å²) in [5.41, 5.74) is 3.62. The number of nitrogens with zero attached hydrogens (tertiary/aromatic N) is 1. The molecule has 0 unspecified atom stereocenters. The number of aromatic nitrogens is 2. The second-order valence-corrected chi connectivity index (χ2v) is 4.03. The fourth-order valence-corrected chi connectivity index (χ4v) is 1.73. The summed E-state index contributed by atoms with van der Waals surface area (Å²) in [6.45, 7) is 2.11.